The van der Waals surface area contributed by atoms with E-state index in [1.54, 1.807) is 0 Å². The first-order valence-electron chi connectivity index (χ1n) is 5.56. The van der Waals surface area contributed by atoms with E-state index in [9.17, 15) is 0 Å². The minimum atomic E-state index is 1.15. The van der Waals surface area contributed by atoms with E-state index in [-0.39, 0.29) is 0 Å². The van der Waals surface area contributed by atoms with Gasteiger partial charge in [-0.05, 0) is 42.7 Å². The second-order valence-electron chi connectivity index (χ2n) is 4.15. The molecule has 0 saturated carbocycles. The summed E-state index contributed by atoms with van der Waals surface area (Å²) in [5.41, 5.74) is 6.36. The van der Waals surface area contributed by atoms with Crippen molar-refractivity contribution in [1.82, 2.24) is 0 Å². The van der Waals surface area contributed by atoms with Crippen LogP contribution in [0.1, 0.15) is 11.1 Å². The summed E-state index contributed by atoms with van der Waals surface area (Å²) in [5.74, 6) is 0. The summed E-state index contributed by atoms with van der Waals surface area (Å²) in [6.07, 6.45) is 0. The van der Waals surface area contributed by atoms with E-state index in [2.05, 4.69) is 61.6 Å². The highest BCUT2D eigenvalue weighted by molar-refractivity contribution is 5.71. The fourth-order valence-corrected chi connectivity index (χ4v) is 1.98. The van der Waals surface area contributed by atoms with Crippen molar-refractivity contribution in [2.75, 3.05) is 12.4 Å². The molecular formula is C15H17N. The van der Waals surface area contributed by atoms with E-state index in [1.807, 2.05) is 7.05 Å². The van der Waals surface area contributed by atoms with Gasteiger partial charge in [0.05, 0.1) is 0 Å². The molecule has 0 aliphatic carbocycles. The van der Waals surface area contributed by atoms with Gasteiger partial charge in [0.25, 0.3) is 0 Å². The van der Waals surface area contributed by atoms with Gasteiger partial charge in [-0.1, -0.05) is 35.9 Å². The molecule has 2 rings (SSSR count). The van der Waals surface area contributed by atoms with Gasteiger partial charge in [0.15, 0.2) is 0 Å². The topological polar surface area (TPSA) is 12.0 Å². The summed E-state index contributed by atoms with van der Waals surface area (Å²) in [6.45, 7) is 4.29. The average molecular weight is 211 g/mol. The van der Waals surface area contributed by atoms with E-state index in [1.165, 1.54) is 22.3 Å². The maximum atomic E-state index is 3.17. The van der Waals surface area contributed by atoms with Crippen molar-refractivity contribution in [3.8, 4) is 11.1 Å². The molecule has 0 bridgehead atoms. The van der Waals surface area contributed by atoms with Gasteiger partial charge in [0.1, 0.15) is 0 Å². The van der Waals surface area contributed by atoms with E-state index >= 15 is 0 Å². The van der Waals surface area contributed by atoms with E-state index in [4.69, 9.17) is 0 Å². The summed E-state index contributed by atoms with van der Waals surface area (Å²) in [6, 6.07) is 15.1. The molecule has 0 heterocycles. The van der Waals surface area contributed by atoms with Crippen LogP contribution in [0, 0.1) is 13.8 Å². The maximum absolute atomic E-state index is 3.17. The van der Waals surface area contributed by atoms with Gasteiger partial charge in [-0.25, -0.2) is 0 Å². The van der Waals surface area contributed by atoms with E-state index in [0.717, 1.165) is 5.69 Å². The normalized spacial score (nSPS) is 10.2. The van der Waals surface area contributed by atoms with E-state index in [0.29, 0.717) is 0 Å². The minimum absolute atomic E-state index is 1.15. The number of hydrogen-bond donors (Lipinski definition) is 1. The molecule has 16 heavy (non-hydrogen) atoms. The van der Waals surface area contributed by atoms with Crippen molar-refractivity contribution in [3.05, 3.63) is 53.6 Å². The second kappa shape index (κ2) is 4.40. The molecule has 82 valence electrons. The smallest absolute Gasteiger partial charge is 0.0343 e. The summed E-state index contributed by atoms with van der Waals surface area (Å²) in [4.78, 5) is 0. The third-order valence-corrected chi connectivity index (χ3v) is 2.84. The van der Waals surface area contributed by atoms with Crippen molar-refractivity contribution in [2.24, 2.45) is 0 Å². The number of hydrogen-bond acceptors (Lipinski definition) is 1. The lowest BCUT2D eigenvalue weighted by molar-refractivity contribution is 1.38. The van der Waals surface area contributed by atoms with Gasteiger partial charge in [0, 0.05) is 12.7 Å². The molecule has 0 aliphatic heterocycles. The molecule has 0 atom stereocenters. The van der Waals surface area contributed by atoms with Crippen LogP contribution in [0.2, 0.25) is 0 Å². The first-order valence-corrected chi connectivity index (χ1v) is 5.56. The highest BCUT2D eigenvalue weighted by atomic mass is 14.8. The Hall–Kier alpha value is -1.76. The molecule has 0 fully saturated rings. The van der Waals surface area contributed by atoms with Crippen LogP contribution in [-0.4, -0.2) is 7.05 Å². The van der Waals surface area contributed by atoms with Crippen molar-refractivity contribution >= 4 is 5.69 Å². The predicted octanol–water partition coefficient (Wildman–Crippen LogP) is 4.01. The zero-order valence-electron chi connectivity index (χ0n) is 10.0. The van der Waals surface area contributed by atoms with Crippen LogP contribution in [0.15, 0.2) is 42.5 Å². The molecular weight excluding hydrogens is 194 g/mol. The monoisotopic (exact) mass is 211 g/mol. The molecule has 0 spiro atoms. The zero-order chi connectivity index (χ0) is 11.5. The first-order chi connectivity index (χ1) is 7.70. The lowest BCUT2D eigenvalue weighted by Crippen LogP contribution is -1.89. The van der Waals surface area contributed by atoms with Gasteiger partial charge in [-0.15, -0.1) is 0 Å². The molecule has 0 aliphatic rings. The van der Waals surface area contributed by atoms with Crippen LogP contribution in [0.3, 0.4) is 0 Å². The van der Waals surface area contributed by atoms with E-state index < -0.39 is 0 Å². The van der Waals surface area contributed by atoms with Gasteiger partial charge < -0.3 is 5.32 Å². The molecule has 0 unspecified atom stereocenters. The van der Waals surface area contributed by atoms with Crippen LogP contribution in [0.5, 0.6) is 0 Å². The number of benzene rings is 2. The lowest BCUT2D eigenvalue weighted by Gasteiger charge is -2.09. The fourth-order valence-electron chi connectivity index (χ4n) is 1.98. The highest BCUT2D eigenvalue weighted by Gasteiger charge is 2.02. The SMILES string of the molecule is CNc1cccc(-c2ccc(C)cc2C)c1. The fraction of sp³-hybridized carbons (Fsp3) is 0.200. The Labute approximate surface area is 97.1 Å². The Bertz CT molecular complexity index is 501. The quantitative estimate of drug-likeness (QED) is 0.791. The third kappa shape index (κ3) is 2.08. The zero-order valence-corrected chi connectivity index (χ0v) is 10.0. The molecule has 1 nitrogen and oxygen atoms in total. The molecule has 2 aromatic rings. The summed E-state index contributed by atoms with van der Waals surface area (Å²) in [7, 11) is 1.95. The van der Waals surface area contributed by atoms with Gasteiger partial charge in [0.2, 0.25) is 0 Å². The predicted molar refractivity (Wildman–Crippen MR) is 70.9 cm³/mol. The molecule has 2 aromatic carbocycles. The minimum Gasteiger partial charge on any atom is -0.388 e. The Kier molecular flexibility index (Phi) is 2.95. The summed E-state index contributed by atoms with van der Waals surface area (Å²) in [5, 5.41) is 3.17. The molecule has 0 saturated heterocycles. The second-order valence-corrected chi connectivity index (χ2v) is 4.15. The molecule has 0 aromatic heterocycles. The van der Waals surface area contributed by atoms with Crippen LogP contribution in [-0.2, 0) is 0 Å². The van der Waals surface area contributed by atoms with Crippen molar-refractivity contribution in [1.29, 1.82) is 0 Å². The van der Waals surface area contributed by atoms with Crippen LogP contribution in [0.25, 0.3) is 11.1 Å². The number of nitrogens with one attached hydrogen (secondary N) is 1. The molecule has 0 radical (unpaired) electrons. The number of anilines is 1. The Morgan fingerprint density at radius 3 is 2.44 bits per heavy atom. The highest BCUT2D eigenvalue weighted by Crippen LogP contribution is 2.26. The van der Waals surface area contributed by atoms with Crippen LogP contribution < -0.4 is 5.32 Å². The lowest BCUT2D eigenvalue weighted by atomic mass is 9.98. The summed E-state index contributed by atoms with van der Waals surface area (Å²) < 4.78 is 0. The maximum Gasteiger partial charge on any atom is 0.0343 e. The van der Waals surface area contributed by atoms with Crippen LogP contribution >= 0.6 is 0 Å². The van der Waals surface area contributed by atoms with Gasteiger partial charge in [-0.2, -0.15) is 0 Å². The van der Waals surface area contributed by atoms with Crippen molar-refractivity contribution in [3.63, 3.8) is 0 Å². The molecule has 1 N–H and O–H groups in total. The number of aryl methyl sites for hydroxylation is 2. The standard InChI is InChI=1S/C15H17N/c1-11-7-8-15(12(2)9-11)13-5-4-6-14(10-13)16-3/h4-10,16H,1-3H3. The first kappa shape index (κ1) is 10.7. The summed E-state index contributed by atoms with van der Waals surface area (Å²) >= 11 is 0. The largest absolute Gasteiger partial charge is 0.388 e. The Morgan fingerprint density at radius 2 is 1.75 bits per heavy atom. The Morgan fingerprint density at radius 1 is 0.938 bits per heavy atom. The van der Waals surface area contributed by atoms with Crippen LogP contribution in [0.4, 0.5) is 5.69 Å². The average Bonchev–Trinajstić information content (AvgIpc) is 2.29. The van der Waals surface area contributed by atoms with Gasteiger partial charge >= 0.3 is 0 Å². The molecule has 0 amide bonds. The van der Waals surface area contributed by atoms with Gasteiger partial charge in [-0.3, -0.25) is 0 Å². The van der Waals surface area contributed by atoms with Crippen molar-refractivity contribution in [2.45, 2.75) is 13.8 Å². The Balaban J connectivity index is 2.49. The molecule has 1 heteroatoms. The van der Waals surface area contributed by atoms with Crippen molar-refractivity contribution < 1.29 is 0 Å². The third-order valence-electron chi connectivity index (χ3n) is 2.84. The number of rotatable bonds is 2.